The topological polar surface area (TPSA) is 42.2 Å². The van der Waals surface area contributed by atoms with Crippen LogP contribution < -0.4 is 10.6 Å². The van der Waals surface area contributed by atoms with Crippen LogP contribution in [0.5, 0.6) is 0 Å². The number of nitrogens with two attached hydrogens (primary N) is 1. The van der Waals surface area contributed by atoms with Crippen LogP contribution in [0.1, 0.15) is 37.9 Å². The van der Waals surface area contributed by atoms with Crippen molar-refractivity contribution >= 4 is 23.0 Å². The first-order chi connectivity index (χ1) is 8.01. The summed E-state index contributed by atoms with van der Waals surface area (Å²) in [4.78, 5) is 7.16. The standard InChI is InChI=1S/C13H21N3S/c1-5-10(6-2)16(4)13-11(12(14)17)8-7-9(3)15-13/h7-8,10H,5-6H2,1-4H3,(H2,14,17). The Labute approximate surface area is 109 Å². The maximum Gasteiger partial charge on any atom is 0.139 e. The van der Waals surface area contributed by atoms with Crippen molar-refractivity contribution < 1.29 is 0 Å². The minimum absolute atomic E-state index is 0.408. The van der Waals surface area contributed by atoms with Crippen LogP contribution in [0, 0.1) is 6.92 Å². The molecule has 0 spiro atoms. The maximum atomic E-state index is 5.75. The molecule has 0 amide bonds. The van der Waals surface area contributed by atoms with E-state index in [0.29, 0.717) is 11.0 Å². The zero-order valence-electron chi connectivity index (χ0n) is 11.0. The maximum absolute atomic E-state index is 5.75. The molecule has 0 radical (unpaired) electrons. The van der Waals surface area contributed by atoms with Crippen molar-refractivity contribution in [2.45, 2.75) is 39.7 Å². The number of rotatable bonds is 5. The van der Waals surface area contributed by atoms with Crippen molar-refractivity contribution in [2.75, 3.05) is 11.9 Å². The van der Waals surface area contributed by atoms with Crippen LogP contribution in [-0.2, 0) is 0 Å². The molecule has 2 N–H and O–H groups in total. The van der Waals surface area contributed by atoms with Crippen LogP contribution in [0.3, 0.4) is 0 Å². The van der Waals surface area contributed by atoms with E-state index in [1.807, 2.05) is 19.1 Å². The van der Waals surface area contributed by atoms with Gasteiger partial charge in [-0.05, 0) is 31.9 Å². The summed E-state index contributed by atoms with van der Waals surface area (Å²) in [6.45, 7) is 6.34. The number of pyridine rings is 1. The quantitative estimate of drug-likeness (QED) is 0.817. The highest BCUT2D eigenvalue weighted by Gasteiger charge is 2.17. The average molecular weight is 251 g/mol. The minimum Gasteiger partial charge on any atom is -0.389 e. The van der Waals surface area contributed by atoms with E-state index in [-0.39, 0.29) is 0 Å². The van der Waals surface area contributed by atoms with E-state index in [4.69, 9.17) is 18.0 Å². The van der Waals surface area contributed by atoms with Gasteiger partial charge < -0.3 is 10.6 Å². The molecule has 0 aliphatic rings. The second-order valence-corrected chi connectivity index (χ2v) is 4.71. The summed E-state index contributed by atoms with van der Waals surface area (Å²) >= 11 is 5.08. The Morgan fingerprint density at radius 1 is 1.41 bits per heavy atom. The van der Waals surface area contributed by atoms with Crippen molar-refractivity contribution in [1.82, 2.24) is 4.98 Å². The summed E-state index contributed by atoms with van der Waals surface area (Å²) in [5, 5.41) is 0. The Morgan fingerprint density at radius 2 is 2.00 bits per heavy atom. The largest absolute Gasteiger partial charge is 0.389 e. The molecule has 0 saturated heterocycles. The van der Waals surface area contributed by atoms with Crippen LogP contribution in [0.25, 0.3) is 0 Å². The predicted octanol–water partition coefficient (Wildman–Crippen LogP) is 2.65. The summed E-state index contributed by atoms with van der Waals surface area (Å²) < 4.78 is 0. The number of hydrogen-bond donors (Lipinski definition) is 1. The lowest BCUT2D eigenvalue weighted by Crippen LogP contribution is -2.33. The van der Waals surface area contributed by atoms with Gasteiger partial charge >= 0.3 is 0 Å². The molecule has 1 rings (SSSR count). The van der Waals surface area contributed by atoms with Crippen molar-refractivity contribution in [3.63, 3.8) is 0 Å². The molecule has 0 unspecified atom stereocenters. The van der Waals surface area contributed by atoms with Gasteiger partial charge in [0.05, 0.1) is 5.56 Å². The van der Waals surface area contributed by atoms with Gasteiger partial charge in [0.15, 0.2) is 0 Å². The predicted molar refractivity (Wildman–Crippen MR) is 77.6 cm³/mol. The Morgan fingerprint density at radius 3 is 2.47 bits per heavy atom. The van der Waals surface area contributed by atoms with Gasteiger partial charge in [-0.25, -0.2) is 4.98 Å². The second-order valence-electron chi connectivity index (χ2n) is 4.27. The van der Waals surface area contributed by atoms with E-state index in [1.54, 1.807) is 0 Å². The summed E-state index contributed by atoms with van der Waals surface area (Å²) in [5.74, 6) is 0.895. The van der Waals surface area contributed by atoms with Crippen LogP contribution in [0.2, 0.25) is 0 Å². The summed E-state index contributed by atoms with van der Waals surface area (Å²) in [6, 6.07) is 4.37. The van der Waals surface area contributed by atoms with E-state index in [9.17, 15) is 0 Å². The van der Waals surface area contributed by atoms with E-state index in [2.05, 4.69) is 30.8 Å². The first-order valence-corrected chi connectivity index (χ1v) is 6.42. The van der Waals surface area contributed by atoms with E-state index in [0.717, 1.165) is 29.9 Å². The summed E-state index contributed by atoms with van der Waals surface area (Å²) in [7, 11) is 2.06. The monoisotopic (exact) mass is 251 g/mol. The molecular formula is C13H21N3S. The third-order valence-corrected chi connectivity index (χ3v) is 3.32. The van der Waals surface area contributed by atoms with Gasteiger partial charge in [-0.3, -0.25) is 0 Å². The molecule has 94 valence electrons. The lowest BCUT2D eigenvalue weighted by atomic mass is 10.1. The number of hydrogen-bond acceptors (Lipinski definition) is 3. The van der Waals surface area contributed by atoms with E-state index >= 15 is 0 Å². The number of anilines is 1. The molecule has 0 saturated carbocycles. The molecule has 0 aromatic carbocycles. The first kappa shape index (κ1) is 13.9. The number of aryl methyl sites for hydroxylation is 1. The van der Waals surface area contributed by atoms with Gasteiger partial charge in [-0.2, -0.15) is 0 Å². The van der Waals surface area contributed by atoms with Gasteiger partial charge in [0.2, 0.25) is 0 Å². The molecule has 0 aliphatic carbocycles. The SMILES string of the molecule is CCC(CC)N(C)c1nc(C)ccc1C(N)=S. The average Bonchev–Trinajstić information content (AvgIpc) is 2.29. The molecule has 1 aromatic rings. The van der Waals surface area contributed by atoms with Gasteiger partial charge in [0.25, 0.3) is 0 Å². The molecular weight excluding hydrogens is 230 g/mol. The molecule has 3 nitrogen and oxygen atoms in total. The van der Waals surface area contributed by atoms with Crippen molar-refractivity contribution in [2.24, 2.45) is 5.73 Å². The van der Waals surface area contributed by atoms with Crippen molar-refractivity contribution in [3.8, 4) is 0 Å². The zero-order chi connectivity index (χ0) is 13.0. The lowest BCUT2D eigenvalue weighted by Gasteiger charge is -2.29. The molecule has 0 atom stereocenters. The zero-order valence-corrected chi connectivity index (χ0v) is 11.8. The van der Waals surface area contributed by atoms with Crippen LogP contribution >= 0.6 is 12.2 Å². The number of thiocarbonyl (C=S) groups is 1. The van der Waals surface area contributed by atoms with Gasteiger partial charge in [0, 0.05) is 18.8 Å². The highest BCUT2D eigenvalue weighted by Crippen LogP contribution is 2.21. The fourth-order valence-corrected chi connectivity index (χ4v) is 2.17. The molecule has 1 aromatic heterocycles. The molecule has 4 heteroatoms. The van der Waals surface area contributed by atoms with E-state index in [1.165, 1.54) is 0 Å². The molecule has 17 heavy (non-hydrogen) atoms. The minimum atomic E-state index is 0.408. The summed E-state index contributed by atoms with van der Waals surface area (Å²) in [5.41, 5.74) is 7.60. The third kappa shape index (κ3) is 3.16. The first-order valence-electron chi connectivity index (χ1n) is 6.01. The van der Waals surface area contributed by atoms with Gasteiger partial charge in [0.1, 0.15) is 10.8 Å². The second kappa shape index (κ2) is 5.96. The molecule has 0 bridgehead atoms. The Kier molecular flexibility index (Phi) is 4.87. The normalized spacial score (nSPS) is 10.6. The van der Waals surface area contributed by atoms with Gasteiger partial charge in [-0.15, -0.1) is 0 Å². The molecule has 0 fully saturated rings. The van der Waals surface area contributed by atoms with Gasteiger partial charge in [-0.1, -0.05) is 26.1 Å². The fraction of sp³-hybridized carbons (Fsp3) is 0.538. The number of nitrogens with zero attached hydrogens (tertiary/aromatic N) is 2. The highest BCUT2D eigenvalue weighted by molar-refractivity contribution is 7.80. The fourth-order valence-electron chi connectivity index (χ4n) is 2.01. The van der Waals surface area contributed by atoms with Crippen LogP contribution in [0.4, 0.5) is 5.82 Å². The van der Waals surface area contributed by atoms with Crippen molar-refractivity contribution in [3.05, 3.63) is 23.4 Å². The smallest absolute Gasteiger partial charge is 0.139 e. The number of aromatic nitrogens is 1. The third-order valence-electron chi connectivity index (χ3n) is 3.10. The Hall–Kier alpha value is -1.16. The van der Waals surface area contributed by atoms with E-state index < -0.39 is 0 Å². The summed E-state index contributed by atoms with van der Waals surface area (Å²) in [6.07, 6.45) is 2.17. The molecule has 1 heterocycles. The Balaban J connectivity index is 3.18. The van der Waals surface area contributed by atoms with Crippen molar-refractivity contribution in [1.29, 1.82) is 0 Å². The highest BCUT2D eigenvalue weighted by atomic mass is 32.1. The molecule has 0 aliphatic heterocycles. The van der Waals surface area contributed by atoms with Crippen LogP contribution in [0.15, 0.2) is 12.1 Å². The van der Waals surface area contributed by atoms with Crippen LogP contribution in [-0.4, -0.2) is 23.1 Å². The Bertz CT molecular complexity index is 400. The lowest BCUT2D eigenvalue weighted by molar-refractivity contribution is 0.586.